The van der Waals surface area contributed by atoms with E-state index < -0.39 is 0 Å². The van der Waals surface area contributed by atoms with Gasteiger partial charge in [0.15, 0.2) is 0 Å². The number of rotatable bonds is 3. The van der Waals surface area contributed by atoms with Gasteiger partial charge in [-0.25, -0.2) is 0 Å². The topological polar surface area (TPSA) is 20.3 Å². The molecule has 0 atom stereocenters. The summed E-state index contributed by atoms with van der Waals surface area (Å²) in [5.41, 5.74) is 0.775. The second-order valence-corrected chi connectivity index (χ2v) is 8.99. The molecule has 1 aliphatic rings. The summed E-state index contributed by atoms with van der Waals surface area (Å²) >= 11 is 8.45. The van der Waals surface area contributed by atoms with E-state index in [0.717, 1.165) is 31.9 Å². The lowest BCUT2D eigenvalue weighted by molar-refractivity contribution is 0.0674. The van der Waals surface area contributed by atoms with Crippen LogP contribution in [0.15, 0.2) is 13.6 Å². The summed E-state index contributed by atoms with van der Waals surface area (Å²) < 4.78 is 1.91. The highest BCUT2D eigenvalue weighted by Gasteiger charge is 2.27. The molecule has 19 heavy (non-hydrogen) atoms. The Balaban J connectivity index is 2.02. The van der Waals surface area contributed by atoms with Gasteiger partial charge in [-0.2, -0.15) is 0 Å². The molecule has 1 aliphatic carbocycles. The molecule has 1 aromatic heterocycles. The molecule has 1 fully saturated rings. The molecule has 106 valence electrons. The standard InChI is InChI=1S/C14H19Br2NOS/c1-3-9-4-6-10(7-5-9)17(2)14(18)11-8-12(15)19-13(11)16/h8-10H,3-7H2,1-2H3. The van der Waals surface area contributed by atoms with Crippen molar-refractivity contribution >= 4 is 49.1 Å². The van der Waals surface area contributed by atoms with E-state index in [2.05, 4.69) is 38.8 Å². The normalized spacial score (nSPS) is 23.4. The molecule has 0 unspecified atom stereocenters. The van der Waals surface area contributed by atoms with Crippen molar-refractivity contribution in [1.82, 2.24) is 4.90 Å². The number of carbonyl (C=O) groups excluding carboxylic acids is 1. The lowest BCUT2D eigenvalue weighted by atomic mass is 9.84. The van der Waals surface area contributed by atoms with Crippen molar-refractivity contribution in [2.75, 3.05) is 7.05 Å². The van der Waals surface area contributed by atoms with Crippen LogP contribution in [-0.2, 0) is 0 Å². The molecule has 0 aliphatic heterocycles. The van der Waals surface area contributed by atoms with Gasteiger partial charge >= 0.3 is 0 Å². The summed E-state index contributed by atoms with van der Waals surface area (Å²) in [6.45, 7) is 2.26. The Bertz CT molecular complexity index is 452. The minimum Gasteiger partial charge on any atom is -0.339 e. The van der Waals surface area contributed by atoms with Gasteiger partial charge in [-0.3, -0.25) is 4.79 Å². The van der Waals surface area contributed by atoms with Crippen molar-refractivity contribution in [3.8, 4) is 0 Å². The monoisotopic (exact) mass is 407 g/mol. The highest BCUT2D eigenvalue weighted by molar-refractivity contribution is 9.12. The van der Waals surface area contributed by atoms with Crippen molar-refractivity contribution in [3.05, 3.63) is 19.2 Å². The number of amides is 1. The molecule has 0 spiro atoms. The van der Waals surface area contributed by atoms with Gasteiger partial charge in [0.25, 0.3) is 5.91 Å². The molecule has 1 aromatic rings. The Morgan fingerprint density at radius 2 is 2.00 bits per heavy atom. The molecule has 0 radical (unpaired) electrons. The van der Waals surface area contributed by atoms with Crippen molar-refractivity contribution in [1.29, 1.82) is 0 Å². The maximum Gasteiger partial charge on any atom is 0.255 e. The lowest BCUT2D eigenvalue weighted by Gasteiger charge is -2.34. The van der Waals surface area contributed by atoms with Gasteiger partial charge in [0, 0.05) is 13.1 Å². The van der Waals surface area contributed by atoms with Gasteiger partial charge in [0.2, 0.25) is 0 Å². The first kappa shape index (κ1) is 15.5. The first-order chi connectivity index (χ1) is 9.02. The number of carbonyl (C=O) groups is 1. The fourth-order valence-corrected chi connectivity index (χ4v) is 5.56. The molecule has 0 bridgehead atoms. The van der Waals surface area contributed by atoms with Gasteiger partial charge in [0.1, 0.15) is 0 Å². The molecule has 0 aromatic carbocycles. The van der Waals surface area contributed by atoms with Crippen LogP contribution in [0.3, 0.4) is 0 Å². The molecule has 2 nitrogen and oxygen atoms in total. The molecule has 1 saturated carbocycles. The zero-order chi connectivity index (χ0) is 14.0. The van der Waals surface area contributed by atoms with Crippen molar-refractivity contribution < 1.29 is 4.79 Å². The third kappa shape index (κ3) is 3.61. The number of hydrogen-bond donors (Lipinski definition) is 0. The van der Waals surface area contributed by atoms with Crippen LogP contribution in [0.2, 0.25) is 0 Å². The maximum atomic E-state index is 12.5. The largest absolute Gasteiger partial charge is 0.339 e. The highest BCUT2D eigenvalue weighted by Crippen LogP contribution is 2.34. The SMILES string of the molecule is CCC1CCC(N(C)C(=O)c2cc(Br)sc2Br)CC1. The number of nitrogens with zero attached hydrogens (tertiary/aromatic N) is 1. The van der Waals surface area contributed by atoms with E-state index in [0.29, 0.717) is 6.04 Å². The van der Waals surface area contributed by atoms with Crippen LogP contribution >= 0.6 is 43.2 Å². The van der Waals surface area contributed by atoms with Gasteiger partial charge in [-0.15, -0.1) is 11.3 Å². The van der Waals surface area contributed by atoms with E-state index in [-0.39, 0.29) is 5.91 Å². The average Bonchev–Trinajstić information content (AvgIpc) is 2.76. The number of hydrogen-bond acceptors (Lipinski definition) is 2. The van der Waals surface area contributed by atoms with Crippen LogP contribution in [-0.4, -0.2) is 23.9 Å². The number of halogens is 2. The summed E-state index contributed by atoms with van der Waals surface area (Å²) in [4.78, 5) is 14.4. The third-order valence-electron chi connectivity index (χ3n) is 4.15. The van der Waals surface area contributed by atoms with E-state index in [1.54, 1.807) is 11.3 Å². The van der Waals surface area contributed by atoms with Gasteiger partial charge in [-0.05, 0) is 69.5 Å². The fraction of sp³-hybridized carbons (Fsp3) is 0.643. The van der Waals surface area contributed by atoms with Gasteiger partial charge in [0.05, 0.1) is 13.1 Å². The smallest absolute Gasteiger partial charge is 0.255 e. The van der Waals surface area contributed by atoms with Crippen LogP contribution in [0, 0.1) is 5.92 Å². The molecular formula is C14H19Br2NOS. The third-order valence-corrected chi connectivity index (χ3v) is 6.49. The minimum absolute atomic E-state index is 0.133. The molecule has 0 saturated heterocycles. The fourth-order valence-electron chi connectivity index (χ4n) is 2.78. The predicted octanol–water partition coefficient (Wildman–Crippen LogP) is 5.31. The molecule has 1 heterocycles. The van der Waals surface area contributed by atoms with Crippen LogP contribution in [0.1, 0.15) is 49.4 Å². The second kappa shape index (κ2) is 6.72. The molecule has 5 heteroatoms. The molecule has 1 amide bonds. The van der Waals surface area contributed by atoms with Crippen LogP contribution in [0.5, 0.6) is 0 Å². The quantitative estimate of drug-likeness (QED) is 0.663. The van der Waals surface area contributed by atoms with Crippen LogP contribution in [0.4, 0.5) is 0 Å². The maximum absolute atomic E-state index is 12.5. The van der Waals surface area contributed by atoms with Gasteiger partial charge in [-0.1, -0.05) is 13.3 Å². The predicted molar refractivity (Wildman–Crippen MR) is 87.8 cm³/mol. The van der Waals surface area contributed by atoms with Crippen LogP contribution in [0.25, 0.3) is 0 Å². The molecule has 2 rings (SSSR count). The van der Waals surface area contributed by atoms with E-state index in [1.807, 2.05) is 18.0 Å². The first-order valence-electron chi connectivity index (χ1n) is 6.75. The highest BCUT2D eigenvalue weighted by atomic mass is 79.9. The summed E-state index contributed by atoms with van der Waals surface area (Å²) in [6.07, 6.45) is 6.07. The lowest BCUT2D eigenvalue weighted by Crippen LogP contribution is -2.39. The van der Waals surface area contributed by atoms with E-state index in [4.69, 9.17) is 0 Å². The Morgan fingerprint density at radius 3 is 2.47 bits per heavy atom. The zero-order valence-electron chi connectivity index (χ0n) is 11.3. The summed E-state index contributed by atoms with van der Waals surface area (Å²) in [5, 5.41) is 0. The first-order valence-corrected chi connectivity index (χ1v) is 9.15. The van der Waals surface area contributed by atoms with E-state index in [1.165, 1.54) is 19.3 Å². The second-order valence-electron chi connectivity index (χ2n) is 5.24. The van der Waals surface area contributed by atoms with E-state index in [9.17, 15) is 4.79 Å². The average molecular weight is 409 g/mol. The Labute approximate surface area is 135 Å². The molecular weight excluding hydrogens is 390 g/mol. The Kier molecular flexibility index (Phi) is 5.49. The Hall–Kier alpha value is 0.130. The number of thiophene rings is 1. The zero-order valence-corrected chi connectivity index (χ0v) is 15.3. The van der Waals surface area contributed by atoms with Crippen LogP contribution < -0.4 is 0 Å². The summed E-state index contributed by atoms with van der Waals surface area (Å²) in [6, 6.07) is 2.31. The summed E-state index contributed by atoms with van der Waals surface area (Å²) in [7, 11) is 1.94. The molecule has 0 N–H and O–H groups in total. The van der Waals surface area contributed by atoms with Gasteiger partial charge < -0.3 is 4.90 Å². The van der Waals surface area contributed by atoms with E-state index >= 15 is 0 Å². The minimum atomic E-state index is 0.133. The van der Waals surface area contributed by atoms with Crippen molar-refractivity contribution in [3.63, 3.8) is 0 Å². The summed E-state index contributed by atoms with van der Waals surface area (Å²) in [5.74, 6) is 0.996. The Morgan fingerprint density at radius 1 is 1.37 bits per heavy atom. The van der Waals surface area contributed by atoms with Crippen molar-refractivity contribution in [2.24, 2.45) is 5.92 Å². The van der Waals surface area contributed by atoms with Crippen molar-refractivity contribution in [2.45, 2.75) is 45.1 Å².